The first-order valence-corrected chi connectivity index (χ1v) is 9.34. The molecule has 0 aliphatic heterocycles. The number of hydrogen-bond donors (Lipinski definition) is 0. The molecule has 156 valence electrons. The van der Waals surface area contributed by atoms with Crippen molar-refractivity contribution in [3.05, 3.63) is 77.2 Å². The Labute approximate surface area is 176 Å². The molecule has 2 aromatic carbocycles. The first-order chi connectivity index (χ1) is 15.0. The highest BCUT2D eigenvalue weighted by Crippen LogP contribution is 2.28. The van der Waals surface area contributed by atoms with E-state index in [1.165, 1.54) is 19.2 Å². The summed E-state index contributed by atoms with van der Waals surface area (Å²) in [6.07, 6.45) is 0. The number of ketones is 1. The van der Waals surface area contributed by atoms with Crippen LogP contribution in [0.5, 0.6) is 5.75 Å². The van der Waals surface area contributed by atoms with Crippen molar-refractivity contribution >= 4 is 22.9 Å². The minimum Gasteiger partial charge on any atom is -0.496 e. The van der Waals surface area contributed by atoms with Crippen LogP contribution in [0.15, 0.2) is 59.1 Å². The van der Waals surface area contributed by atoms with Gasteiger partial charge < -0.3 is 14.0 Å². The van der Waals surface area contributed by atoms with E-state index in [2.05, 4.69) is 10.1 Å². The van der Waals surface area contributed by atoms with Gasteiger partial charge in [0, 0.05) is 5.56 Å². The third-order valence-corrected chi connectivity index (χ3v) is 4.70. The number of pyridine rings is 1. The molecule has 0 bridgehead atoms. The molecule has 0 N–H and O–H groups in total. The summed E-state index contributed by atoms with van der Waals surface area (Å²) in [5.41, 5.74) is 2.07. The number of nitrogens with zero attached hydrogens (tertiary/aromatic N) is 2. The fraction of sp³-hybridized carbons (Fsp3) is 0.130. The van der Waals surface area contributed by atoms with Crippen molar-refractivity contribution in [3.63, 3.8) is 0 Å². The monoisotopic (exact) mass is 420 g/mol. The summed E-state index contributed by atoms with van der Waals surface area (Å²) in [5.74, 6) is -1.76. The van der Waals surface area contributed by atoms with E-state index in [0.29, 0.717) is 16.8 Å². The smallest absolute Gasteiger partial charge is 0.339 e. The third-order valence-electron chi connectivity index (χ3n) is 4.70. The van der Waals surface area contributed by atoms with E-state index < -0.39 is 24.2 Å². The zero-order valence-corrected chi connectivity index (χ0v) is 16.7. The highest BCUT2D eigenvalue weighted by molar-refractivity contribution is 6.06. The zero-order chi connectivity index (χ0) is 22.0. The predicted octanol–water partition coefficient (Wildman–Crippen LogP) is 4.39. The number of aryl methyl sites for hydroxylation is 1. The molecule has 31 heavy (non-hydrogen) atoms. The van der Waals surface area contributed by atoms with Crippen LogP contribution in [0.25, 0.3) is 22.4 Å². The molecule has 0 saturated heterocycles. The number of ether oxygens (including phenoxy) is 2. The molecule has 4 aromatic rings. The minimum absolute atomic E-state index is 0.0127. The SMILES string of the molecule is COc1ccc(F)cc1C(=O)COC(=O)c1cc(-c2ccccc2)nc2onc(C)c12. The van der Waals surface area contributed by atoms with Crippen molar-refractivity contribution in [2.45, 2.75) is 6.92 Å². The number of hydrogen-bond acceptors (Lipinski definition) is 7. The van der Waals surface area contributed by atoms with Gasteiger partial charge in [-0.3, -0.25) is 4.79 Å². The van der Waals surface area contributed by atoms with E-state index in [-0.39, 0.29) is 22.6 Å². The molecular weight excluding hydrogens is 403 g/mol. The zero-order valence-electron chi connectivity index (χ0n) is 16.7. The normalized spacial score (nSPS) is 10.8. The maximum atomic E-state index is 13.6. The Morgan fingerprint density at radius 2 is 1.84 bits per heavy atom. The van der Waals surface area contributed by atoms with Gasteiger partial charge in [-0.15, -0.1) is 0 Å². The number of methoxy groups -OCH3 is 1. The molecule has 0 aliphatic carbocycles. The number of aromatic nitrogens is 2. The molecule has 2 aromatic heterocycles. The summed E-state index contributed by atoms with van der Waals surface area (Å²) < 4.78 is 29.1. The lowest BCUT2D eigenvalue weighted by Gasteiger charge is -2.09. The highest BCUT2D eigenvalue weighted by Gasteiger charge is 2.22. The molecule has 7 nitrogen and oxygen atoms in total. The van der Waals surface area contributed by atoms with E-state index in [4.69, 9.17) is 14.0 Å². The summed E-state index contributed by atoms with van der Waals surface area (Å²) >= 11 is 0. The molecule has 0 unspecified atom stereocenters. The second-order valence-electron chi connectivity index (χ2n) is 6.71. The number of carbonyl (C=O) groups excluding carboxylic acids is 2. The molecule has 0 spiro atoms. The average molecular weight is 420 g/mol. The highest BCUT2D eigenvalue weighted by atomic mass is 19.1. The second kappa shape index (κ2) is 8.35. The number of fused-ring (bicyclic) bond motifs is 1. The lowest BCUT2D eigenvalue weighted by atomic mass is 10.1. The fourth-order valence-electron chi connectivity index (χ4n) is 3.20. The van der Waals surface area contributed by atoms with Crippen LogP contribution in [0.4, 0.5) is 4.39 Å². The number of benzene rings is 2. The Hall–Kier alpha value is -4.07. The van der Waals surface area contributed by atoms with Gasteiger partial charge in [0.1, 0.15) is 11.6 Å². The molecule has 0 atom stereocenters. The Bertz CT molecular complexity index is 1280. The standard InChI is InChI=1S/C23H17FN2O5/c1-13-21-17(11-18(25-22(21)31-26-13)14-6-4-3-5-7-14)23(28)30-12-19(27)16-10-15(24)8-9-20(16)29-2/h3-11H,12H2,1-2H3. The molecule has 4 rings (SSSR count). The predicted molar refractivity (Wildman–Crippen MR) is 110 cm³/mol. The maximum absolute atomic E-state index is 13.6. The number of carbonyl (C=O) groups is 2. The van der Waals surface area contributed by atoms with Gasteiger partial charge in [-0.05, 0) is 31.2 Å². The summed E-state index contributed by atoms with van der Waals surface area (Å²) in [6.45, 7) is 1.09. The van der Waals surface area contributed by atoms with Crippen molar-refractivity contribution in [2.75, 3.05) is 13.7 Å². The number of rotatable bonds is 6. The van der Waals surface area contributed by atoms with E-state index in [1.54, 1.807) is 13.0 Å². The summed E-state index contributed by atoms with van der Waals surface area (Å²) in [4.78, 5) is 29.8. The van der Waals surface area contributed by atoms with Crippen LogP contribution in [-0.2, 0) is 4.74 Å². The van der Waals surface area contributed by atoms with Gasteiger partial charge in [-0.25, -0.2) is 14.2 Å². The third kappa shape index (κ3) is 4.00. The van der Waals surface area contributed by atoms with Crippen LogP contribution >= 0.6 is 0 Å². The Morgan fingerprint density at radius 1 is 1.06 bits per heavy atom. The van der Waals surface area contributed by atoms with Gasteiger partial charge in [0.2, 0.25) is 5.78 Å². The van der Waals surface area contributed by atoms with Gasteiger partial charge in [-0.1, -0.05) is 35.5 Å². The average Bonchev–Trinajstić information content (AvgIpc) is 3.18. The van der Waals surface area contributed by atoms with Crippen molar-refractivity contribution in [3.8, 4) is 17.0 Å². The van der Waals surface area contributed by atoms with Gasteiger partial charge in [0.15, 0.2) is 6.61 Å². The van der Waals surface area contributed by atoms with Crippen molar-refractivity contribution in [1.82, 2.24) is 10.1 Å². The van der Waals surface area contributed by atoms with Gasteiger partial charge in [0.25, 0.3) is 5.71 Å². The first-order valence-electron chi connectivity index (χ1n) is 9.34. The number of Topliss-reactive ketones (excluding diaryl/α,β-unsaturated/α-hetero) is 1. The Morgan fingerprint density at radius 3 is 2.58 bits per heavy atom. The van der Waals surface area contributed by atoms with Crippen LogP contribution in [0.3, 0.4) is 0 Å². The molecule has 0 saturated carbocycles. The molecule has 0 aliphatic rings. The van der Waals surface area contributed by atoms with Gasteiger partial charge in [-0.2, -0.15) is 0 Å². The van der Waals surface area contributed by atoms with Crippen molar-refractivity contribution in [1.29, 1.82) is 0 Å². The van der Waals surface area contributed by atoms with E-state index in [1.807, 2.05) is 30.3 Å². The van der Waals surface area contributed by atoms with Crippen molar-refractivity contribution in [2.24, 2.45) is 0 Å². The summed E-state index contributed by atoms with van der Waals surface area (Å²) in [5, 5.41) is 4.28. The largest absolute Gasteiger partial charge is 0.496 e. The summed E-state index contributed by atoms with van der Waals surface area (Å²) in [6, 6.07) is 14.3. The quantitative estimate of drug-likeness (QED) is 0.337. The summed E-state index contributed by atoms with van der Waals surface area (Å²) in [7, 11) is 1.36. The van der Waals surface area contributed by atoms with Crippen LogP contribution < -0.4 is 4.74 Å². The molecule has 0 amide bonds. The van der Waals surface area contributed by atoms with E-state index in [9.17, 15) is 14.0 Å². The maximum Gasteiger partial charge on any atom is 0.339 e. The van der Waals surface area contributed by atoms with Crippen LogP contribution in [0, 0.1) is 12.7 Å². The topological polar surface area (TPSA) is 91.5 Å². The molecule has 8 heteroatoms. The Balaban J connectivity index is 1.64. The fourth-order valence-corrected chi connectivity index (χ4v) is 3.20. The van der Waals surface area contributed by atoms with Crippen LogP contribution in [0.2, 0.25) is 0 Å². The lowest BCUT2D eigenvalue weighted by Crippen LogP contribution is -2.16. The molecular formula is C23H17FN2O5. The van der Waals surface area contributed by atoms with E-state index >= 15 is 0 Å². The molecule has 0 radical (unpaired) electrons. The van der Waals surface area contributed by atoms with E-state index in [0.717, 1.165) is 11.6 Å². The molecule has 0 fully saturated rings. The Kier molecular flexibility index (Phi) is 5.44. The van der Waals surface area contributed by atoms with Crippen molar-refractivity contribution < 1.29 is 28.0 Å². The number of halogens is 1. The first kappa shape index (κ1) is 20.2. The molecule has 2 heterocycles. The minimum atomic E-state index is -0.750. The lowest BCUT2D eigenvalue weighted by molar-refractivity contribution is 0.0475. The van der Waals surface area contributed by atoms with Crippen LogP contribution in [0.1, 0.15) is 26.4 Å². The van der Waals surface area contributed by atoms with Gasteiger partial charge in [0.05, 0.1) is 35.0 Å². The van der Waals surface area contributed by atoms with Gasteiger partial charge >= 0.3 is 5.97 Å². The van der Waals surface area contributed by atoms with Crippen LogP contribution in [-0.4, -0.2) is 35.6 Å². The number of esters is 1. The second-order valence-corrected chi connectivity index (χ2v) is 6.71.